The van der Waals surface area contributed by atoms with Crippen molar-refractivity contribution in [3.63, 3.8) is 0 Å². The number of ether oxygens (including phenoxy) is 1. The second-order valence-corrected chi connectivity index (χ2v) is 5.82. The quantitative estimate of drug-likeness (QED) is 0.792. The second-order valence-electron chi connectivity index (χ2n) is 5.82. The minimum Gasteiger partial charge on any atom is -0.378 e. The summed E-state index contributed by atoms with van der Waals surface area (Å²) in [5.41, 5.74) is 6.21. The second kappa shape index (κ2) is 6.17. The van der Waals surface area contributed by atoms with Gasteiger partial charge < -0.3 is 15.8 Å². The van der Waals surface area contributed by atoms with Crippen LogP contribution in [0.2, 0.25) is 0 Å². The first-order valence-electron chi connectivity index (χ1n) is 7.37. The molecule has 2 fully saturated rings. The van der Waals surface area contributed by atoms with Gasteiger partial charge in [-0.3, -0.25) is 0 Å². The van der Waals surface area contributed by atoms with Crippen molar-refractivity contribution in [2.75, 3.05) is 13.2 Å². The van der Waals surface area contributed by atoms with Crippen molar-refractivity contribution in [3.05, 3.63) is 0 Å². The summed E-state index contributed by atoms with van der Waals surface area (Å²) in [6.45, 7) is 3.83. The summed E-state index contributed by atoms with van der Waals surface area (Å²) in [5, 5.41) is 3.88. The van der Waals surface area contributed by atoms with Crippen molar-refractivity contribution >= 4 is 0 Å². The van der Waals surface area contributed by atoms with Crippen LogP contribution in [0.4, 0.5) is 0 Å². The van der Waals surface area contributed by atoms with Crippen molar-refractivity contribution in [3.8, 4) is 0 Å². The molecular formula is C14H28N2O. The molecule has 0 spiro atoms. The maximum atomic E-state index is 6.05. The van der Waals surface area contributed by atoms with Gasteiger partial charge in [-0.25, -0.2) is 0 Å². The molecule has 1 heterocycles. The topological polar surface area (TPSA) is 47.3 Å². The van der Waals surface area contributed by atoms with Crippen molar-refractivity contribution < 1.29 is 4.74 Å². The van der Waals surface area contributed by atoms with Crippen LogP contribution in [0.3, 0.4) is 0 Å². The molecule has 2 rings (SSSR count). The molecule has 0 amide bonds. The molecule has 1 saturated heterocycles. The molecule has 17 heavy (non-hydrogen) atoms. The van der Waals surface area contributed by atoms with Gasteiger partial charge in [-0.2, -0.15) is 0 Å². The molecule has 0 aromatic rings. The highest BCUT2D eigenvalue weighted by Gasteiger charge is 2.36. The Morgan fingerprint density at radius 1 is 1.29 bits per heavy atom. The largest absolute Gasteiger partial charge is 0.378 e. The molecule has 1 saturated carbocycles. The Morgan fingerprint density at radius 3 is 2.71 bits per heavy atom. The molecule has 1 aliphatic carbocycles. The van der Waals surface area contributed by atoms with Gasteiger partial charge in [0.1, 0.15) is 0 Å². The molecule has 2 atom stereocenters. The molecule has 1 aliphatic heterocycles. The molecule has 2 aliphatic rings. The predicted molar refractivity (Wildman–Crippen MR) is 71.1 cm³/mol. The van der Waals surface area contributed by atoms with Gasteiger partial charge in [0.15, 0.2) is 0 Å². The lowest BCUT2D eigenvalue weighted by molar-refractivity contribution is -0.0320. The maximum absolute atomic E-state index is 6.05. The Balaban J connectivity index is 1.92. The highest BCUT2D eigenvalue weighted by molar-refractivity contribution is 4.96. The number of nitrogens with one attached hydrogen (secondary N) is 1. The first kappa shape index (κ1) is 13.3. The van der Waals surface area contributed by atoms with Gasteiger partial charge in [0, 0.05) is 24.7 Å². The van der Waals surface area contributed by atoms with Crippen LogP contribution in [0.1, 0.15) is 58.3 Å². The first-order chi connectivity index (χ1) is 8.28. The normalized spacial score (nSPS) is 36.0. The average molecular weight is 240 g/mol. The van der Waals surface area contributed by atoms with Crippen LogP contribution in [0.5, 0.6) is 0 Å². The zero-order valence-corrected chi connectivity index (χ0v) is 11.2. The first-order valence-corrected chi connectivity index (χ1v) is 7.37. The molecule has 3 nitrogen and oxygen atoms in total. The molecule has 3 heteroatoms. The minimum absolute atomic E-state index is 0.154. The smallest absolute Gasteiger partial charge is 0.0590 e. The summed E-state index contributed by atoms with van der Waals surface area (Å²) >= 11 is 0. The number of hydrogen-bond donors (Lipinski definition) is 2. The maximum Gasteiger partial charge on any atom is 0.0590 e. The van der Waals surface area contributed by atoms with E-state index >= 15 is 0 Å². The Labute approximate surface area is 105 Å². The summed E-state index contributed by atoms with van der Waals surface area (Å²) in [4.78, 5) is 0. The lowest BCUT2D eigenvalue weighted by atomic mass is 9.83. The third-order valence-electron chi connectivity index (χ3n) is 4.51. The van der Waals surface area contributed by atoms with E-state index in [-0.39, 0.29) is 5.54 Å². The lowest BCUT2D eigenvalue weighted by Gasteiger charge is -2.44. The Bertz CT molecular complexity index is 228. The van der Waals surface area contributed by atoms with E-state index < -0.39 is 0 Å². The molecule has 0 radical (unpaired) electrons. The summed E-state index contributed by atoms with van der Waals surface area (Å²) in [6.07, 6.45) is 10.5. The van der Waals surface area contributed by atoms with E-state index in [1.165, 1.54) is 32.1 Å². The van der Waals surface area contributed by atoms with Gasteiger partial charge in [-0.05, 0) is 32.1 Å². The van der Waals surface area contributed by atoms with Gasteiger partial charge >= 0.3 is 0 Å². The molecule has 0 bridgehead atoms. The van der Waals surface area contributed by atoms with Crippen LogP contribution in [-0.4, -0.2) is 30.8 Å². The molecule has 2 unspecified atom stereocenters. The van der Waals surface area contributed by atoms with Gasteiger partial charge in [-0.15, -0.1) is 0 Å². The zero-order chi connectivity index (χ0) is 12.1. The predicted octanol–water partition coefficient (Wildman–Crippen LogP) is 2.20. The molecular weight excluding hydrogens is 212 g/mol. The van der Waals surface area contributed by atoms with Gasteiger partial charge in [0.2, 0.25) is 0 Å². The van der Waals surface area contributed by atoms with Crippen LogP contribution in [0.25, 0.3) is 0 Å². The monoisotopic (exact) mass is 240 g/mol. The highest BCUT2D eigenvalue weighted by Crippen LogP contribution is 2.28. The zero-order valence-electron chi connectivity index (χ0n) is 11.2. The standard InChI is InChI=1S/C14H28N2O/c1-2-13-10-14(11-15,8-9-17-13)16-12-6-4-3-5-7-12/h12-13,16H,2-11,15H2,1H3. The van der Waals surface area contributed by atoms with Gasteiger partial charge in [0.25, 0.3) is 0 Å². The van der Waals surface area contributed by atoms with Crippen molar-refractivity contribution in [2.24, 2.45) is 5.73 Å². The summed E-state index contributed by atoms with van der Waals surface area (Å²) in [6, 6.07) is 0.697. The average Bonchev–Trinajstić information content (AvgIpc) is 2.40. The van der Waals surface area contributed by atoms with Crippen LogP contribution in [-0.2, 0) is 4.74 Å². The van der Waals surface area contributed by atoms with E-state index in [0.717, 1.165) is 32.4 Å². The number of hydrogen-bond acceptors (Lipinski definition) is 3. The van der Waals surface area contributed by atoms with Crippen LogP contribution in [0, 0.1) is 0 Å². The Morgan fingerprint density at radius 2 is 2.06 bits per heavy atom. The van der Waals surface area contributed by atoms with Crippen molar-refractivity contribution in [1.82, 2.24) is 5.32 Å². The SMILES string of the molecule is CCC1CC(CN)(NC2CCCCC2)CCO1. The Kier molecular flexibility index (Phi) is 4.83. The number of nitrogens with two attached hydrogens (primary N) is 1. The van der Waals surface area contributed by atoms with Crippen molar-refractivity contribution in [1.29, 1.82) is 0 Å². The molecule has 3 N–H and O–H groups in total. The fourth-order valence-electron chi connectivity index (χ4n) is 3.34. The van der Waals surface area contributed by atoms with Crippen LogP contribution >= 0.6 is 0 Å². The Hall–Kier alpha value is -0.120. The number of rotatable bonds is 4. The third-order valence-corrected chi connectivity index (χ3v) is 4.51. The van der Waals surface area contributed by atoms with Gasteiger partial charge in [-0.1, -0.05) is 26.2 Å². The van der Waals surface area contributed by atoms with E-state index in [4.69, 9.17) is 10.5 Å². The van der Waals surface area contributed by atoms with E-state index in [2.05, 4.69) is 12.2 Å². The third kappa shape index (κ3) is 3.43. The van der Waals surface area contributed by atoms with Crippen LogP contribution < -0.4 is 11.1 Å². The van der Waals surface area contributed by atoms with E-state index in [1.54, 1.807) is 0 Å². The fourth-order valence-corrected chi connectivity index (χ4v) is 3.34. The van der Waals surface area contributed by atoms with Gasteiger partial charge in [0.05, 0.1) is 6.10 Å². The molecule has 100 valence electrons. The van der Waals surface area contributed by atoms with E-state index in [1.807, 2.05) is 0 Å². The van der Waals surface area contributed by atoms with Crippen molar-refractivity contribution in [2.45, 2.75) is 76.0 Å². The lowest BCUT2D eigenvalue weighted by Crippen LogP contribution is -2.59. The van der Waals surface area contributed by atoms with E-state index in [9.17, 15) is 0 Å². The minimum atomic E-state index is 0.154. The van der Waals surface area contributed by atoms with E-state index in [0.29, 0.717) is 12.1 Å². The summed E-state index contributed by atoms with van der Waals surface area (Å²) in [5.74, 6) is 0. The molecule has 0 aromatic carbocycles. The fraction of sp³-hybridized carbons (Fsp3) is 1.00. The summed E-state index contributed by atoms with van der Waals surface area (Å²) < 4.78 is 5.78. The highest BCUT2D eigenvalue weighted by atomic mass is 16.5. The summed E-state index contributed by atoms with van der Waals surface area (Å²) in [7, 11) is 0. The molecule has 0 aromatic heterocycles. The van der Waals surface area contributed by atoms with Crippen LogP contribution in [0.15, 0.2) is 0 Å².